The Bertz CT molecular complexity index is 1120. The second kappa shape index (κ2) is 9.43. The van der Waals surface area contributed by atoms with Crippen LogP contribution in [0.15, 0.2) is 33.0 Å². The van der Waals surface area contributed by atoms with Gasteiger partial charge >= 0.3 is 5.97 Å². The Hall–Kier alpha value is -2.69. The molecule has 1 fully saturated rings. The summed E-state index contributed by atoms with van der Waals surface area (Å²) in [4.78, 5) is 42.3. The van der Waals surface area contributed by atoms with Crippen LogP contribution < -0.4 is 11.1 Å². The number of hydrogen-bond acceptors (Lipinski definition) is 13. The number of anilines is 1. The van der Waals surface area contributed by atoms with E-state index in [0.717, 1.165) is 28.1 Å². The van der Waals surface area contributed by atoms with Crippen LogP contribution in [-0.2, 0) is 14.4 Å². The van der Waals surface area contributed by atoms with Gasteiger partial charge in [-0.05, 0) is 12.0 Å². The second-order valence-electron chi connectivity index (χ2n) is 6.48. The number of carbonyl (C=O) groups is 3. The Morgan fingerprint density at radius 1 is 1.44 bits per heavy atom. The molecular weight excluding hydrogens is 498 g/mol. The van der Waals surface area contributed by atoms with E-state index in [1.807, 2.05) is 0 Å². The molecule has 4 rings (SSSR count). The van der Waals surface area contributed by atoms with Gasteiger partial charge in [-0.15, -0.1) is 34.9 Å². The standard InChI is InChI=1S/C16H15N7O5S4/c17-16-19-7(5-31-16)9(21-28)12(24)20-10-13(25)23-11(15(26)27)6(4-30-14(10)23)1-2-29-8-3-18-32-22-8/h3,5,10,14,28H,1-2,4H2,(H2,17,19)(H,20,24)(H,26,27)/b21-9-/t10-,14-/m1/s1. The number of nitrogens with one attached hydrogen (secondary N) is 1. The molecule has 2 aliphatic heterocycles. The smallest absolute Gasteiger partial charge is 0.352 e. The number of carboxylic acids is 1. The van der Waals surface area contributed by atoms with Crippen molar-refractivity contribution < 1.29 is 24.7 Å². The summed E-state index contributed by atoms with van der Waals surface area (Å²) in [6.07, 6.45) is 2.11. The minimum atomic E-state index is -1.20. The minimum absolute atomic E-state index is 0.0513. The zero-order valence-corrected chi connectivity index (χ0v) is 19.3. The van der Waals surface area contributed by atoms with Gasteiger partial charge in [0.2, 0.25) is 0 Å². The van der Waals surface area contributed by atoms with Gasteiger partial charge in [0.15, 0.2) is 10.8 Å². The van der Waals surface area contributed by atoms with Crippen molar-refractivity contribution in [3.8, 4) is 0 Å². The molecule has 0 saturated carbocycles. The van der Waals surface area contributed by atoms with Crippen molar-refractivity contribution in [3.05, 3.63) is 28.5 Å². The largest absolute Gasteiger partial charge is 0.477 e. The van der Waals surface area contributed by atoms with Crippen molar-refractivity contribution in [2.75, 3.05) is 17.2 Å². The Kier molecular flexibility index (Phi) is 6.63. The lowest BCUT2D eigenvalue weighted by Gasteiger charge is -2.49. The van der Waals surface area contributed by atoms with Crippen LogP contribution in [0.4, 0.5) is 5.13 Å². The number of rotatable bonds is 8. The number of oxime groups is 1. The molecule has 5 N–H and O–H groups in total. The van der Waals surface area contributed by atoms with E-state index >= 15 is 0 Å². The molecule has 12 nitrogen and oxygen atoms in total. The van der Waals surface area contributed by atoms with Gasteiger partial charge in [-0.1, -0.05) is 5.16 Å². The first kappa shape index (κ1) is 22.5. The number of nitrogens with zero attached hydrogens (tertiary/aromatic N) is 5. The number of nitrogens with two attached hydrogens (primary N) is 1. The zero-order chi connectivity index (χ0) is 22.8. The molecule has 0 radical (unpaired) electrons. The molecule has 2 amide bonds. The third-order valence-corrected chi connectivity index (χ3v) is 8.12. The van der Waals surface area contributed by atoms with Crippen LogP contribution in [-0.4, -0.2) is 75.4 Å². The van der Waals surface area contributed by atoms with Crippen LogP contribution in [0.1, 0.15) is 12.1 Å². The van der Waals surface area contributed by atoms with Gasteiger partial charge in [0.05, 0.1) is 17.9 Å². The van der Waals surface area contributed by atoms with E-state index < -0.39 is 29.2 Å². The number of thiazole rings is 1. The summed E-state index contributed by atoms with van der Waals surface area (Å²) in [5.41, 5.74) is 5.83. The first-order valence-corrected chi connectivity index (χ1v) is 12.6. The number of nitrogen functional groups attached to an aromatic ring is 1. The van der Waals surface area contributed by atoms with Gasteiger partial charge in [0, 0.05) is 16.9 Å². The summed E-state index contributed by atoms with van der Waals surface area (Å²) in [5.74, 6) is -1.55. The third-order valence-electron chi connectivity index (χ3n) is 4.61. The van der Waals surface area contributed by atoms with E-state index in [-0.39, 0.29) is 22.2 Å². The van der Waals surface area contributed by atoms with Crippen LogP contribution in [0.25, 0.3) is 0 Å². The van der Waals surface area contributed by atoms with Gasteiger partial charge in [-0.3, -0.25) is 14.5 Å². The average Bonchev–Trinajstić information content (AvgIpc) is 3.44. The zero-order valence-electron chi connectivity index (χ0n) is 16.0. The molecule has 0 unspecified atom stereocenters. The number of fused-ring (bicyclic) bond motifs is 1. The van der Waals surface area contributed by atoms with Crippen LogP contribution in [0, 0.1) is 0 Å². The lowest BCUT2D eigenvalue weighted by Crippen LogP contribution is -2.71. The summed E-state index contributed by atoms with van der Waals surface area (Å²) in [7, 11) is 0. The highest BCUT2D eigenvalue weighted by atomic mass is 32.2. The van der Waals surface area contributed by atoms with Crippen LogP contribution in [0.3, 0.4) is 0 Å². The number of aromatic nitrogens is 3. The molecule has 2 aliphatic rings. The summed E-state index contributed by atoms with van der Waals surface area (Å²) in [5, 5.41) is 26.3. The minimum Gasteiger partial charge on any atom is -0.477 e. The number of carbonyl (C=O) groups excluding carboxylic acids is 2. The molecule has 0 aromatic carbocycles. The molecule has 2 atom stereocenters. The second-order valence-corrected chi connectivity index (χ2v) is 10.1. The lowest BCUT2D eigenvalue weighted by molar-refractivity contribution is -0.150. The van der Waals surface area contributed by atoms with E-state index in [0.29, 0.717) is 23.5 Å². The quantitative estimate of drug-likeness (QED) is 0.128. The fourth-order valence-electron chi connectivity index (χ4n) is 3.19. The fourth-order valence-corrected chi connectivity index (χ4v) is 6.51. The fraction of sp³-hybridized carbons (Fsp3) is 0.312. The van der Waals surface area contributed by atoms with Crippen LogP contribution in [0.2, 0.25) is 0 Å². The van der Waals surface area contributed by atoms with Crippen LogP contribution in [0.5, 0.6) is 0 Å². The molecule has 2 aromatic rings. The highest BCUT2D eigenvalue weighted by molar-refractivity contribution is 8.00. The van der Waals surface area contributed by atoms with Crippen molar-refractivity contribution in [2.24, 2.45) is 5.16 Å². The van der Waals surface area contributed by atoms with E-state index in [9.17, 15) is 24.7 Å². The lowest BCUT2D eigenvalue weighted by atomic mass is 10.0. The molecule has 32 heavy (non-hydrogen) atoms. The summed E-state index contributed by atoms with van der Waals surface area (Å²) in [6.45, 7) is 0. The maximum atomic E-state index is 12.7. The van der Waals surface area contributed by atoms with Crippen molar-refractivity contribution in [1.29, 1.82) is 0 Å². The molecule has 1 saturated heterocycles. The average molecular weight is 514 g/mol. The van der Waals surface area contributed by atoms with Gasteiger partial charge in [-0.2, -0.15) is 8.75 Å². The number of hydrogen-bond donors (Lipinski definition) is 4. The highest BCUT2D eigenvalue weighted by Crippen LogP contribution is 2.41. The molecule has 0 spiro atoms. The van der Waals surface area contributed by atoms with Crippen molar-refractivity contribution >= 4 is 75.2 Å². The predicted molar refractivity (Wildman–Crippen MR) is 120 cm³/mol. The maximum Gasteiger partial charge on any atom is 0.352 e. The Labute approximate surface area is 197 Å². The van der Waals surface area contributed by atoms with Crippen LogP contribution >= 0.6 is 46.6 Å². The molecule has 4 heterocycles. The maximum absolute atomic E-state index is 12.7. The highest BCUT2D eigenvalue weighted by Gasteiger charge is 2.54. The van der Waals surface area contributed by atoms with Gasteiger partial charge in [-0.25, -0.2) is 9.78 Å². The first-order chi connectivity index (χ1) is 15.4. The van der Waals surface area contributed by atoms with Gasteiger partial charge in [0.1, 0.15) is 27.8 Å². The Balaban J connectivity index is 1.44. The number of aliphatic carboxylic acids is 1. The normalized spacial score (nSPS) is 20.7. The number of carboxylic acid groups (broad SMARTS) is 1. The number of amides is 2. The predicted octanol–water partition coefficient (Wildman–Crippen LogP) is 0.676. The Morgan fingerprint density at radius 2 is 2.25 bits per heavy atom. The van der Waals surface area contributed by atoms with E-state index in [1.165, 1.54) is 33.8 Å². The SMILES string of the molecule is Nc1nc(/C(=N/O)C(=O)N[C@@H]2C(=O)N3C(C(=O)O)=C(CCSc4cnsn4)CS[C@H]23)cs1. The van der Waals surface area contributed by atoms with Crippen molar-refractivity contribution in [1.82, 2.24) is 23.9 Å². The molecule has 0 aliphatic carbocycles. The molecule has 168 valence electrons. The number of thioether (sulfide) groups is 2. The molecular formula is C16H15N7O5S4. The van der Waals surface area contributed by atoms with E-state index in [4.69, 9.17) is 5.73 Å². The summed E-state index contributed by atoms with van der Waals surface area (Å²) in [6, 6.07) is -0.952. The van der Waals surface area contributed by atoms with Crippen molar-refractivity contribution in [2.45, 2.75) is 22.9 Å². The first-order valence-electron chi connectivity index (χ1n) is 8.95. The molecule has 16 heteroatoms. The van der Waals surface area contributed by atoms with Gasteiger partial charge in [0.25, 0.3) is 11.8 Å². The monoisotopic (exact) mass is 513 g/mol. The topological polar surface area (TPSA) is 184 Å². The van der Waals surface area contributed by atoms with Crippen molar-refractivity contribution in [3.63, 3.8) is 0 Å². The van der Waals surface area contributed by atoms with Gasteiger partial charge < -0.3 is 21.4 Å². The molecule has 2 aromatic heterocycles. The summed E-state index contributed by atoms with van der Waals surface area (Å²) < 4.78 is 8.02. The molecule has 0 bridgehead atoms. The van der Waals surface area contributed by atoms with E-state index in [2.05, 4.69) is 24.2 Å². The Morgan fingerprint density at radius 3 is 2.88 bits per heavy atom. The van der Waals surface area contributed by atoms with E-state index in [1.54, 1.807) is 6.20 Å². The number of β-lactam (4-membered cyclic amide) rings is 1. The third kappa shape index (κ3) is 4.30. The summed E-state index contributed by atoms with van der Waals surface area (Å²) >= 11 is 4.99.